The zero-order valence-electron chi connectivity index (χ0n) is 16.6. The Morgan fingerprint density at radius 2 is 1.97 bits per heavy atom. The van der Waals surface area contributed by atoms with Crippen LogP contribution in [0.25, 0.3) is 5.65 Å². The van der Waals surface area contributed by atoms with Crippen molar-refractivity contribution in [1.82, 2.24) is 19.9 Å². The van der Waals surface area contributed by atoms with E-state index in [-0.39, 0.29) is 34.2 Å². The van der Waals surface area contributed by atoms with Crippen LogP contribution in [0, 0.1) is 10.1 Å². The number of nitrogens with one attached hydrogen (secondary N) is 1. The first-order valence-electron chi connectivity index (χ1n) is 9.81. The van der Waals surface area contributed by atoms with Crippen LogP contribution >= 0.6 is 0 Å². The molecule has 2 unspecified atom stereocenters. The number of halogens is 2. The molecule has 0 spiro atoms. The molecule has 1 saturated carbocycles. The monoisotopic (exact) mass is 447 g/mol. The van der Waals surface area contributed by atoms with E-state index in [0.717, 1.165) is 17.4 Å². The number of nitrogens with zero attached hydrogens (tertiary/aromatic N) is 4. The van der Waals surface area contributed by atoms with Gasteiger partial charge in [-0.1, -0.05) is 0 Å². The molecule has 0 radical (unpaired) electrons. The lowest BCUT2D eigenvalue weighted by Gasteiger charge is -2.22. The van der Waals surface area contributed by atoms with Crippen molar-refractivity contribution in [3.63, 3.8) is 0 Å². The van der Waals surface area contributed by atoms with Gasteiger partial charge in [0.15, 0.2) is 11.3 Å². The first-order chi connectivity index (χ1) is 15.3. The molecule has 168 valence electrons. The van der Waals surface area contributed by atoms with E-state index in [1.54, 1.807) is 0 Å². The van der Waals surface area contributed by atoms with Crippen LogP contribution in [0.2, 0.25) is 0 Å². The lowest BCUT2D eigenvalue weighted by molar-refractivity contribution is -0.384. The van der Waals surface area contributed by atoms with Gasteiger partial charge in [-0.3, -0.25) is 14.9 Å². The standard InChI is InChI=1S/C20H19F2N5O5/c21-19(22)16-7-13(10-1-2-10)23-17-8-14(25-26(16)17)20(30)24-15(9-28)18(29)11-3-5-12(6-4-11)27(31)32/h3-8,10,15,18-19,28-29H,1-2,9H2,(H,24,30). The lowest BCUT2D eigenvalue weighted by atomic mass is 10.0. The summed E-state index contributed by atoms with van der Waals surface area (Å²) < 4.78 is 27.9. The van der Waals surface area contributed by atoms with E-state index in [4.69, 9.17) is 0 Å². The van der Waals surface area contributed by atoms with Gasteiger partial charge in [-0.25, -0.2) is 18.3 Å². The molecular weight excluding hydrogens is 428 g/mol. The van der Waals surface area contributed by atoms with Crippen molar-refractivity contribution in [2.45, 2.75) is 37.3 Å². The lowest BCUT2D eigenvalue weighted by Crippen LogP contribution is -2.42. The molecule has 0 saturated heterocycles. The van der Waals surface area contributed by atoms with E-state index in [0.29, 0.717) is 5.69 Å². The SMILES string of the molecule is O=C(NC(CO)C(O)c1ccc([N+](=O)[O-])cc1)c1cc2nc(C3CC3)cc(C(F)F)n2n1. The Morgan fingerprint density at radius 1 is 1.28 bits per heavy atom. The van der Waals surface area contributed by atoms with Gasteiger partial charge in [0.05, 0.1) is 17.6 Å². The maximum atomic E-state index is 13.5. The number of alkyl halides is 2. The average Bonchev–Trinajstić information content (AvgIpc) is 3.54. The summed E-state index contributed by atoms with van der Waals surface area (Å²) in [6, 6.07) is 6.37. The van der Waals surface area contributed by atoms with Crippen LogP contribution in [0.15, 0.2) is 36.4 Å². The van der Waals surface area contributed by atoms with Crippen molar-refractivity contribution in [2.24, 2.45) is 0 Å². The molecule has 1 aliphatic carbocycles. The first-order valence-corrected chi connectivity index (χ1v) is 9.81. The Labute approximate surface area is 179 Å². The summed E-state index contributed by atoms with van der Waals surface area (Å²) in [4.78, 5) is 27.1. The van der Waals surface area contributed by atoms with Gasteiger partial charge < -0.3 is 15.5 Å². The second kappa shape index (κ2) is 8.55. The summed E-state index contributed by atoms with van der Waals surface area (Å²) in [5.41, 5.74) is 0.110. The highest BCUT2D eigenvalue weighted by Crippen LogP contribution is 2.40. The summed E-state index contributed by atoms with van der Waals surface area (Å²) in [6.07, 6.45) is -2.46. The number of benzene rings is 1. The summed E-state index contributed by atoms with van der Waals surface area (Å²) >= 11 is 0. The summed E-state index contributed by atoms with van der Waals surface area (Å²) in [7, 11) is 0. The van der Waals surface area contributed by atoms with Crippen molar-refractivity contribution in [3.8, 4) is 0 Å². The third-order valence-corrected chi connectivity index (χ3v) is 5.27. The Kier molecular flexibility index (Phi) is 5.80. The minimum Gasteiger partial charge on any atom is -0.394 e. The molecule has 4 rings (SSSR count). The molecule has 0 aliphatic heterocycles. The van der Waals surface area contributed by atoms with Gasteiger partial charge in [0.1, 0.15) is 11.8 Å². The highest BCUT2D eigenvalue weighted by molar-refractivity contribution is 5.93. The zero-order valence-corrected chi connectivity index (χ0v) is 16.6. The number of aliphatic hydroxyl groups is 2. The van der Waals surface area contributed by atoms with Gasteiger partial charge in [-0.15, -0.1) is 0 Å². The summed E-state index contributed by atoms with van der Waals surface area (Å²) in [5.74, 6) is -0.677. The number of carbonyl (C=O) groups excluding carboxylic acids is 1. The number of non-ortho nitro benzene ring substituents is 1. The van der Waals surface area contributed by atoms with Crippen LogP contribution in [0.3, 0.4) is 0 Å². The number of aromatic nitrogens is 3. The molecule has 2 heterocycles. The predicted octanol–water partition coefficient (Wildman–Crippen LogP) is 2.28. The van der Waals surface area contributed by atoms with Crippen molar-refractivity contribution < 1.29 is 28.7 Å². The number of rotatable bonds is 8. The molecule has 2 atom stereocenters. The molecule has 32 heavy (non-hydrogen) atoms. The predicted molar refractivity (Wildman–Crippen MR) is 106 cm³/mol. The minimum absolute atomic E-state index is 0.103. The average molecular weight is 447 g/mol. The van der Waals surface area contributed by atoms with Crippen LogP contribution in [0.5, 0.6) is 0 Å². The molecule has 1 amide bonds. The summed E-state index contributed by atoms with van der Waals surface area (Å²) in [5, 5.41) is 37.2. The van der Waals surface area contributed by atoms with Crippen LogP contribution in [0.4, 0.5) is 14.5 Å². The molecule has 12 heteroatoms. The number of carbonyl (C=O) groups is 1. The van der Waals surface area contributed by atoms with Crippen LogP contribution in [-0.4, -0.2) is 48.3 Å². The van der Waals surface area contributed by atoms with E-state index in [9.17, 15) is 33.9 Å². The molecule has 1 aromatic carbocycles. The number of nitro benzene ring substituents is 1. The normalized spacial score (nSPS) is 15.7. The molecule has 1 fully saturated rings. The number of amides is 1. The van der Waals surface area contributed by atoms with E-state index in [1.165, 1.54) is 36.4 Å². The number of hydrogen-bond acceptors (Lipinski definition) is 7. The van der Waals surface area contributed by atoms with Gasteiger partial charge in [-0.2, -0.15) is 5.10 Å². The molecule has 2 aromatic heterocycles. The van der Waals surface area contributed by atoms with Crippen molar-refractivity contribution in [3.05, 3.63) is 69.2 Å². The van der Waals surface area contributed by atoms with E-state index in [2.05, 4.69) is 15.4 Å². The maximum Gasteiger partial charge on any atom is 0.280 e. The van der Waals surface area contributed by atoms with Gasteiger partial charge >= 0.3 is 0 Å². The Balaban J connectivity index is 1.56. The van der Waals surface area contributed by atoms with Crippen molar-refractivity contribution in [1.29, 1.82) is 0 Å². The van der Waals surface area contributed by atoms with Gasteiger partial charge in [0, 0.05) is 29.8 Å². The van der Waals surface area contributed by atoms with Crippen LogP contribution in [-0.2, 0) is 0 Å². The number of fused-ring (bicyclic) bond motifs is 1. The maximum absolute atomic E-state index is 13.5. The third-order valence-electron chi connectivity index (χ3n) is 5.27. The third kappa shape index (κ3) is 4.27. The van der Waals surface area contributed by atoms with E-state index in [1.807, 2.05) is 0 Å². The molecule has 3 aromatic rings. The van der Waals surface area contributed by atoms with Crippen molar-refractivity contribution >= 4 is 17.2 Å². The second-order valence-corrected chi connectivity index (χ2v) is 7.54. The van der Waals surface area contributed by atoms with Gasteiger partial charge in [0.25, 0.3) is 18.0 Å². The van der Waals surface area contributed by atoms with E-state index < -0.39 is 36.0 Å². The molecule has 1 aliphatic rings. The second-order valence-electron chi connectivity index (χ2n) is 7.54. The van der Waals surface area contributed by atoms with Crippen molar-refractivity contribution in [2.75, 3.05) is 6.61 Å². The topological polar surface area (TPSA) is 143 Å². The number of nitro groups is 1. The highest BCUT2D eigenvalue weighted by atomic mass is 19.3. The zero-order chi connectivity index (χ0) is 23.0. The fourth-order valence-electron chi connectivity index (χ4n) is 3.37. The summed E-state index contributed by atoms with van der Waals surface area (Å²) in [6.45, 7) is -0.649. The Bertz CT molecular complexity index is 1160. The quantitative estimate of drug-likeness (QED) is 0.355. The molecule has 0 bridgehead atoms. The molecule has 3 N–H and O–H groups in total. The smallest absolute Gasteiger partial charge is 0.280 e. The van der Waals surface area contributed by atoms with Crippen LogP contribution < -0.4 is 5.32 Å². The van der Waals surface area contributed by atoms with Crippen LogP contribution in [0.1, 0.15) is 58.7 Å². The fourth-order valence-corrected chi connectivity index (χ4v) is 3.37. The van der Waals surface area contributed by atoms with Gasteiger partial charge in [0.2, 0.25) is 0 Å². The largest absolute Gasteiger partial charge is 0.394 e. The first kappa shape index (κ1) is 21.7. The van der Waals surface area contributed by atoms with E-state index >= 15 is 0 Å². The fraction of sp³-hybridized carbons (Fsp3) is 0.350. The Hall–Kier alpha value is -3.51. The highest BCUT2D eigenvalue weighted by Gasteiger charge is 2.29. The molecular formula is C20H19F2N5O5. The molecule has 10 nitrogen and oxygen atoms in total. The number of aliphatic hydroxyl groups excluding tert-OH is 2. The number of hydrogen-bond donors (Lipinski definition) is 3. The minimum atomic E-state index is -2.82. The Morgan fingerprint density at radius 3 is 2.53 bits per heavy atom. The van der Waals surface area contributed by atoms with Gasteiger partial charge in [-0.05, 0) is 36.6 Å².